The normalized spacial score (nSPS) is 18.3. The average molecular weight is 285 g/mol. The molecule has 1 fully saturated rings. The molecule has 5 heteroatoms. The van der Waals surface area contributed by atoms with E-state index in [2.05, 4.69) is 10.6 Å². The molecule has 1 atom stereocenters. The second-order valence-corrected chi connectivity index (χ2v) is 4.57. The number of amides is 1. The maximum atomic E-state index is 11.9. The first kappa shape index (κ1) is 15.8. The summed E-state index contributed by atoms with van der Waals surface area (Å²) in [5, 5.41) is 6.20. The Morgan fingerprint density at radius 3 is 3.00 bits per heavy atom. The Morgan fingerprint density at radius 1 is 1.47 bits per heavy atom. The lowest BCUT2D eigenvalue weighted by molar-refractivity contribution is -0.123. The van der Waals surface area contributed by atoms with Crippen molar-refractivity contribution in [2.75, 3.05) is 13.7 Å². The van der Waals surface area contributed by atoms with Gasteiger partial charge in [0.25, 0.3) is 0 Å². The number of benzene rings is 1. The quantitative estimate of drug-likeness (QED) is 0.888. The fraction of sp³-hybridized carbons (Fsp3) is 0.500. The van der Waals surface area contributed by atoms with Crippen LogP contribution < -0.4 is 15.4 Å². The standard InChI is InChI=1S/C14H20N2O2.ClH/c1-18-12-6-4-5-11(9-12)10-16-14(17)13-7-2-3-8-15-13;/h4-6,9,13,15H,2-3,7-8,10H2,1H3,(H,16,17);1H/t13-;/m0./s1. The van der Waals surface area contributed by atoms with Gasteiger partial charge in [0.15, 0.2) is 0 Å². The fourth-order valence-electron chi connectivity index (χ4n) is 2.17. The topological polar surface area (TPSA) is 50.4 Å². The molecule has 0 saturated carbocycles. The lowest BCUT2D eigenvalue weighted by Gasteiger charge is -2.22. The summed E-state index contributed by atoms with van der Waals surface area (Å²) in [6.07, 6.45) is 3.23. The van der Waals surface area contributed by atoms with Crippen LogP contribution in [0, 0.1) is 0 Å². The van der Waals surface area contributed by atoms with Crippen molar-refractivity contribution in [2.45, 2.75) is 31.8 Å². The van der Waals surface area contributed by atoms with Crippen molar-refractivity contribution >= 4 is 18.3 Å². The molecular weight excluding hydrogens is 264 g/mol. The number of hydrogen-bond acceptors (Lipinski definition) is 3. The van der Waals surface area contributed by atoms with Crippen molar-refractivity contribution in [3.63, 3.8) is 0 Å². The minimum absolute atomic E-state index is 0. The number of ether oxygens (including phenoxy) is 1. The van der Waals surface area contributed by atoms with Crippen LogP contribution in [0.25, 0.3) is 0 Å². The molecule has 1 aliphatic rings. The van der Waals surface area contributed by atoms with E-state index < -0.39 is 0 Å². The van der Waals surface area contributed by atoms with E-state index >= 15 is 0 Å². The smallest absolute Gasteiger partial charge is 0.237 e. The van der Waals surface area contributed by atoms with Gasteiger partial charge >= 0.3 is 0 Å². The molecule has 1 amide bonds. The molecule has 1 aromatic rings. The summed E-state index contributed by atoms with van der Waals surface area (Å²) in [4.78, 5) is 11.9. The molecule has 0 bridgehead atoms. The zero-order chi connectivity index (χ0) is 12.8. The van der Waals surface area contributed by atoms with E-state index in [9.17, 15) is 4.79 Å². The summed E-state index contributed by atoms with van der Waals surface area (Å²) in [6, 6.07) is 7.73. The molecule has 4 nitrogen and oxygen atoms in total. The third-order valence-electron chi connectivity index (χ3n) is 3.23. The Morgan fingerprint density at radius 2 is 2.32 bits per heavy atom. The Balaban J connectivity index is 0.00000180. The van der Waals surface area contributed by atoms with Gasteiger partial charge in [-0.1, -0.05) is 18.6 Å². The van der Waals surface area contributed by atoms with Crippen LogP contribution in [0.2, 0.25) is 0 Å². The van der Waals surface area contributed by atoms with Crippen LogP contribution in [0.5, 0.6) is 5.75 Å². The Labute approximate surface area is 120 Å². The third kappa shape index (κ3) is 4.73. The van der Waals surface area contributed by atoms with Gasteiger partial charge in [-0.25, -0.2) is 0 Å². The monoisotopic (exact) mass is 284 g/mol. The molecule has 1 aliphatic heterocycles. The number of piperidine rings is 1. The van der Waals surface area contributed by atoms with E-state index in [1.807, 2.05) is 24.3 Å². The SMILES string of the molecule is COc1cccc(CNC(=O)[C@@H]2CCCCN2)c1.Cl. The van der Waals surface area contributed by atoms with Crippen LogP contribution >= 0.6 is 12.4 Å². The van der Waals surface area contributed by atoms with Crippen LogP contribution in [0.15, 0.2) is 24.3 Å². The van der Waals surface area contributed by atoms with Crippen LogP contribution in [0.3, 0.4) is 0 Å². The van der Waals surface area contributed by atoms with Gasteiger partial charge in [-0.3, -0.25) is 4.79 Å². The van der Waals surface area contributed by atoms with Gasteiger partial charge in [0.1, 0.15) is 5.75 Å². The molecule has 106 valence electrons. The summed E-state index contributed by atoms with van der Waals surface area (Å²) >= 11 is 0. The van der Waals surface area contributed by atoms with Crippen LogP contribution in [0.1, 0.15) is 24.8 Å². The summed E-state index contributed by atoms with van der Waals surface area (Å²) < 4.78 is 5.15. The first-order valence-corrected chi connectivity index (χ1v) is 6.43. The number of methoxy groups -OCH3 is 1. The van der Waals surface area contributed by atoms with Crippen molar-refractivity contribution in [3.05, 3.63) is 29.8 Å². The molecule has 19 heavy (non-hydrogen) atoms. The second-order valence-electron chi connectivity index (χ2n) is 4.57. The van der Waals surface area contributed by atoms with Gasteiger partial charge in [-0.05, 0) is 37.1 Å². The third-order valence-corrected chi connectivity index (χ3v) is 3.23. The Bertz CT molecular complexity index is 406. The largest absolute Gasteiger partial charge is 0.497 e. The first-order valence-electron chi connectivity index (χ1n) is 6.43. The highest BCUT2D eigenvalue weighted by Gasteiger charge is 2.19. The molecule has 1 heterocycles. The van der Waals surface area contributed by atoms with Crippen LogP contribution in [-0.2, 0) is 11.3 Å². The van der Waals surface area contributed by atoms with Gasteiger partial charge < -0.3 is 15.4 Å². The first-order chi connectivity index (χ1) is 8.79. The summed E-state index contributed by atoms with van der Waals surface area (Å²) in [7, 11) is 1.64. The highest BCUT2D eigenvalue weighted by atomic mass is 35.5. The molecule has 2 rings (SSSR count). The van der Waals surface area contributed by atoms with E-state index in [0.29, 0.717) is 6.54 Å². The molecule has 0 aliphatic carbocycles. The Hall–Kier alpha value is -1.26. The molecule has 0 radical (unpaired) electrons. The maximum Gasteiger partial charge on any atom is 0.237 e. The predicted octanol–water partition coefficient (Wildman–Crippen LogP) is 1.88. The van der Waals surface area contributed by atoms with Gasteiger partial charge in [0.05, 0.1) is 13.2 Å². The summed E-state index contributed by atoms with van der Waals surface area (Å²) in [5.74, 6) is 0.912. The minimum Gasteiger partial charge on any atom is -0.497 e. The molecule has 2 N–H and O–H groups in total. The number of nitrogens with one attached hydrogen (secondary N) is 2. The van der Waals surface area contributed by atoms with Gasteiger partial charge in [-0.15, -0.1) is 12.4 Å². The van der Waals surface area contributed by atoms with Crippen molar-refractivity contribution in [3.8, 4) is 5.75 Å². The van der Waals surface area contributed by atoms with Crippen LogP contribution in [-0.4, -0.2) is 25.6 Å². The predicted molar refractivity (Wildman–Crippen MR) is 77.7 cm³/mol. The van der Waals surface area contributed by atoms with E-state index in [1.165, 1.54) is 6.42 Å². The van der Waals surface area contributed by atoms with E-state index in [1.54, 1.807) is 7.11 Å². The average Bonchev–Trinajstić information content (AvgIpc) is 2.46. The highest BCUT2D eigenvalue weighted by Crippen LogP contribution is 2.12. The highest BCUT2D eigenvalue weighted by molar-refractivity contribution is 5.85. The van der Waals surface area contributed by atoms with E-state index in [-0.39, 0.29) is 24.4 Å². The number of hydrogen-bond donors (Lipinski definition) is 2. The Kier molecular flexibility index (Phi) is 6.67. The van der Waals surface area contributed by atoms with Crippen molar-refractivity contribution in [1.82, 2.24) is 10.6 Å². The molecular formula is C14H21ClN2O2. The summed E-state index contributed by atoms with van der Waals surface area (Å²) in [6.45, 7) is 1.49. The van der Waals surface area contributed by atoms with Gasteiger partial charge in [0, 0.05) is 6.54 Å². The number of carbonyl (C=O) groups is 1. The minimum atomic E-state index is -0.0237. The zero-order valence-electron chi connectivity index (χ0n) is 11.1. The number of carbonyl (C=O) groups excluding carboxylic acids is 1. The molecule has 1 saturated heterocycles. The summed E-state index contributed by atoms with van der Waals surface area (Å²) in [5.41, 5.74) is 1.05. The lowest BCUT2D eigenvalue weighted by Crippen LogP contribution is -2.46. The van der Waals surface area contributed by atoms with Gasteiger partial charge in [-0.2, -0.15) is 0 Å². The molecule has 0 spiro atoms. The lowest BCUT2D eigenvalue weighted by atomic mass is 10.0. The number of rotatable bonds is 4. The van der Waals surface area contributed by atoms with E-state index in [4.69, 9.17) is 4.74 Å². The van der Waals surface area contributed by atoms with Crippen molar-refractivity contribution in [2.24, 2.45) is 0 Å². The molecule has 0 aromatic heterocycles. The maximum absolute atomic E-state index is 11.9. The van der Waals surface area contributed by atoms with Crippen LogP contribution in [0.4, 0.5) is 0 Å². The van der Waals surface area contributed by atoms with E-state index in [0.717, 1.165) is 30.7 Å². The molecule has 0 unspecified atom stereocenters. The van der Waals surface area contributed by atoms with Crippen molar-refractivity contribution in [1.29, 1.82) is 0 Å². The van der Waals surface area contributed by atoms with Crippen molar-refractivity contribution < 1.29 is 9.53 Å². The zero-order valence-corrected chi connectivity index (χ0v) is 12.0. The molecule has 1 aromatic carbocycles. The van der Waals surface area contributed by atoms with Gasteiger partial charge in [0.2, 0.25) is 5.91 Å². The number of halogens is 1. The second kappa shape index (κ2) is 8.02. The fourth-order valence-corrected chi connectivity index (χ4v) is 2.17.